The second-order valence-corrected chi connectivity index (χ2v) is 9.26. The third kappa shape index (κ3) is 6.57. The number of benzene rings is 2. The lowest BCUT2D eigenvalue weighted by Crippen LogP contribution is -2.50. The highest BCUT2D eigenvalue weighted by Crippen LogP contribution is 2.20. The molecule has 2 aromatic carbocycles. The van der Waals surface area contributed by atoms with E-state index in [1.54, 1.807) is 11.8 Å². The van der Waals surface area contributed by atoms with Crippen molar-refractivity contribution in [3.05, 3.63) is 63.6 Å². The summed E-state index contributed by atoms with van der Waals surface area (Å²) in [5.41, 5.74) is 3.25. The molecule has 1 aliphatic carbocycles. The molecule has 166 valence electrons. The lowest BCUT2D eigenvalue weighted by Gasteiger charge is -2.29. The van der Waals surface area contributed by atoms with Gasteiger partial charge in [0.15, 0.2) is 6.61 Å². The number of halogens is 1. The van der Waals surface area contributed by atoms with E-state index in [1.807, 2.05) is 56.3 Å². The van der Waals surface area contributed by atoms with E-state index in [2.05, 4.69) is 21.2 Å². The van der Waals surface area contributed by atoms with Crippen LogP contribution in [-0.2, 0) is 16.1 Å². The van der Waals surface area contributed by atoms with Crippen molar-refractivity contribution in [2.45, 2.75) is 65.1 Å². The van der Waals surface area contributed by atoms with Crippen molar-refractivity contribution in [1.82, 2.24) is 10.2 Å². The number of aryl methyl sites for hydroxylation is 2. The first-order valence-electron chi connectivity index (χ1n) is 10.9. The van der Waals surface area contributed by atoms with E-state index in [0.717, 1.165) is 41.3 Å². The molecule has 1 atom stereocenters. The molecular formula is C25H31BrN2O3. The minimum absolute atomic E-state index is 0.108. The monoisotopic (exact) mass is 486 g/mol. The van der Waals surface area contributed by atoms with Gasteiger partial charge in [0.1, 0.15) is 11.8 Å². The van der Waals surface area contributed by atoms with Crippen LogP contribution in [0.2, 0.25) is 0 Å². The maximum atomic E-state index is 13.1. The number of nitrogens with zero attached hydrogens (tertiary/aromatic N) is 1. The van der Waals surface area contributed by atoms with Crippen LogP contribution in [0.5, 0.6) is 5.75 Å². The van der Waals surface area contributed by atoms with Gasteiger partial charge in [-0.25, -0.2) is 0 Å². The number of amides is 2. The number of ether oxygens (including phenoxy) is 1. The SMILES string of the molecule is Cc1ccc(OCC(=O)N(Cc2ccc(Br)cc2)C(C)C(=O)NC2CCCC2)cc1C. The molecule has 0 radical (unpaired) electrons. The minimum Gasteiger partial charge on any atom is -0.484 e. The molecule has 0 aliphatic heterocycles. The number of carbonyl (C=O) groups excluding carboxylic acids is 2. The molecule has 0 heterocycles. The largest absolute Gasteiger partial charge is 0.484 e. The molecule has 1 fully saturated rings. The van der Waals surface area contributed by atoms with Crippen LogP contribution in [0.4, 0.5) is 0 Å². The zero-order chi connectivity index (χ0) is 22.4. The van der Waals surface area contributed by atoms with Crippen LogP contribution >= 0.6 is 15.9 Å². The van der Waals surface area contributed by atoms with Gasteiger partial charge in [0.2, 0.25) is 5.91 Å². The molecule has 3 rings (SSSR count). The molecule has 5 nitrogen and oxygen atoms in total. The summed E-state index contributed by atoms with van der Waals surface area (Å²) in [5.74, 6) is 0.335. The zero-order valence-electron chi connectivity index (χ0n) is 18.5. The van der Waals surface area contributed by atoms with Gasteiger partial charge in [-0.15, -0.1) is 0 Å². The molecule has 0 spiro atoms. The highest BCUT2D eigenvalue weighted by molar-refractivity contribution is 9.10. The molecule has 31 heavy (non-hydrogen) atoms. The zero-order valence-corrected chi connectivity index (χ0v) is 20.1. The average molecular weight is 487 g/mol. The first-order valence-corrected chi connectivity index (χ1v) is 11.7. The Kier molecular flexibility index (Phi) is 8.13. The van der Waals surface area contributed by atoms with E-state index in [9.17, 15) is 9.59 Å². The molecule has 0 aromatic heterocycles. The topological polar surface area (TPSA) is 58.6 Å². The number of rotatable bonds is 8. The maximum Gasteiger partial charge on any atom is 0.261 e. The fraction of sp³-hybridized carbons (Fsp3) is 0.440. The van der Waals surface area contributed by atoms with Crippen molar-refractivity contribution in [3.8, 4) is 5.75 Å². The average Bonchev–Trinajstić information content (AvgIpc) is 3.26. The number of hydrogen-bond donors (Lipinski definition) is 1. The second-order valence-electron chi connectivity index (χ2n) is 8.35. The van der Waals surface area contributed by atoms with Crippen molar-refractivity contribution in [2.75, 3.05) is 6.61 Å². The molecule has 2 amide bonds. The molecular weight excluding hydrogens is 456 g/mol. The fourth-order valence-electron chi connectivity index (χ4n) is 3.79. The van der Waals surface area contributed by atoms with Crippen LogP contribution in [0.25, 0.3) is 0 Å². The van der Waals surface area contributed by atoms with E-state index in [-0.39, 0.29) is 24.5 Å². The summed E-state index contributed by atoms with van der Waals surface area (Å²) < 4.78 is 6.75. The third-order valence-electron chi connectivity index (χ3n) is 5.98. The van der Waals surface area contributed by atoms with Crippen LogP contribution in [0.1, 0.15) is 49.3 Å². The van der Waals surface area contributed by atoms with Gasteiger partial charge in [-0.1, -0.05) is 47.0 Å². The van der Waals surface area contributed by atoms with Gasteiger partial charge in [0.05, 0.1) is 0 Å². The van der Waals surface area contributed by atoms with Gasteiger partial charge in [0, 0.05) is 17.1 Å². The van der Waals surface area contributed by atoms with Crippen LogP contribution in [0.3, 0.4) is 0 Å². The lowest BCUT2D eigenvalue weighted by molar-refractivity contribution is -0.142. The number of hydrogen-bond acceptors (Lipinski definition) is 3. The summed E-state index contributed by atoms with van der Waals surface area (Å²) in [4.78, 5) is 27.6. The first kappa shape index (κ1) is 23.3. The summed E-state index contributed by atoms with van der Waals surface area (Å²) in [6.45, 7) is 6.08. The molecule has 1 N–H and O–H groups in total. The maximum absolute atomic E-state index is 13.1. The number of nitrogens with one attached hydrogen (secondary N) is 1. The Morgan fingerprint density at radius 3 is 2.42 bits per heavy atom. The van der Waals surface area contributed by atoms with E-state index < -0.39 is 6.04 Å². The summed E-state index contributed by atoms with van der Waals surface area (Å²) >= 11 is 3.44. The van der Waals surface area contributed by atoms with Crippen LogP contribution in [0.15, 0.2) is 46.9 Å². The van der Waals surface area contributed by atoms with Crippen LogP contribution in [0, 0.1) is 13.8 Å². The van der Waals surface area contributed by atoms with Crippen LogP contribution in [-0.4, -0.2) is 35.4 Å². The van der Waals surface area contributed by atoms with E-state index in [4.69, 9.17) is 4.74 Å². The Morgan fingerprint density at radius 2 is 1.77 bits per heavy atom. The van der Waals surface area contributed by atoms with Crippen molar-refractivity contribution in [1.29, 1.82) is 0 Å². The van der Waals surface area contributed by atoms with Gasteiger partial charge in [-0.3, -0.25) is 9.59 Å². The third-order valence-corrected chi connectivity index (χ3v) is 6.50. The van der Waals surface area contributed by atoms with Crippen LogP contribution < -0.4 is 10.1 Å². The summed E-state index contributed by atoms with van der Waals surface area (Å²) in [6, 6.07) is 13.2. The predicted molar refractivity (Wildman–Crippen MR) is 126 cm³/mol. The van der Waals surface area contributed by atoms with E-state index in [0.29, 0.717) is 12.3 Å². The normalized spacial score (nSPS) is 14.8. The Hall–Kier alpha value is -2.34. The second kappa shape index (κ2) is 10.8. The Labute approximate surface area is 193 Å². The Balaban J connectivity index is 1.71. The summed E-state index contributed by atoms with van der Waals surface area (Å²) in [7, 11) is 0. The molecule has 2 aromatic rings. The van der Waals surface area contributed by atoms with Crippen molar-refractivity contribution < 1.29 is 14.3 Å². The van der Waals surface area contributed by atoms with Gasteiger partial charge in [-0.2, -0.15) is 0 Å². The molecule has 1 unspecified atom stereocenters. The summed E-state index contributed by atoms with van der Waals surface area (Å²) in [6.07, 6.45) is 4.30. The van der Waals surface area contributed by atoms with E-state index in [1.165, 1.54) is 5.56 Å². The Bertz CT molecular complexity index is 907. The minimum atomic E-state index is -0.583. The fourth-order valence-corrected chi connectivity index (χ4v) is 4.06. The predicted octanol–water partition coefficient (Wildman–Crippen LogP) is 4.92. The van der Waals surface area contributed by atoms with Gasteiger partial charge in [0.25, 0.3) is 5.91 Å². The van der Waals surface area contributed by atoms with Crippen molar-refractivity contribution >= 4 is 27.7 Å². The van der Waals surface area contributed by atoms with Gasteiger partial charge >= 0.3 is 0 Å². The van der Waals surface area contributed by atoms with Gasteiger partial charge < -0.3 is 15.0 Å². The van der Waals surface area contributed by atoms with Gasteiger partial charge in [-0.05, 0) is 74.6 Å². The quantitative estimate of drug-likeness (QED) is 0.575. The van der Waals surface area contributed by atoms with E-state index >= 15 is 0 Å². The highest BCUT2D eigenvalue weighted by Gasteiger charge is 2.28. The molecule has 0 bridgehead atoms. The van der Waals surface area contributed by atoms with Crippen molar-refractivity contribution in [3.63, 3.8) is 0 Å². The molecule has 1 saturated carbocycles. The van der Waals surface area contributed by atoms with Crippen molar-refractivity contribution in [2.24, 2.45) is 0 Å². The lowest BCUT2D eigenvalue weighted by atomic mass is 10.1. The molecule has 6 heteroatoms. The molecule has 0 saturated heterocycles. The first-order chi connectivity index (χ1) is 14.8. The standard InChI is InChI=1S/C25H31BrN2O3/c1-17-8-13-23(14-18(17)2)31-16-24(29)28(15-20-9-11-21(26)12-10-20)19(3)25(30)27-22-6-4-5-7-22/h8-14,19,22H,4-7,15-16H2,1-3H3,(H,27,30). The molecule has 1 aliphatic rings. The smallest absolute Gasteiger partial charge is 0.261 e. The Morgan fingerprint density at radius 1 is 1.10 bits per heavy atom. The summed E-state index contributed by atoms with van der Waals surface area (Å²) in [5, 5.41) is 3.12. The number of carbonyl (C=O) groups is 2. The highest BCUT2D eigenvalue weighted by atomic mass is 79.9.